The maximum atomic E-state index is 14.7. The molecule has 0 saturated heterocycles. The van der Waals surface area contributed by atoms with E-state index in [0.717, 1.165) is 17.4 Å². The average Bonchev–Trinajstić information content (AvgIpc) is 2.76. The Hall–Kier alpha value is -3.10. The van der Waals surface area contributed by atoms with Gasteiger partial charge in [-0.3, -0.25) is 14.3 Å². The van der Waals surface area contributed by atoms with Crippen LogP contribution in [0.5, 0.6) is 0 Å². The highest BCUT2D eigenvalue weighted by atomic mass is 19.4. The van der Waals surface area contributed by atoms with Crippen molar-refractivity contribution in [2.45, 2.75) is 48.4 Å². The topological polar surface area (TPSA) is 47.6 Å². The number of hydrogen-bond donors (Lipinski definition) is 1. The molecule has 2 aromatic rings. The first-order valence-electron chi connectivity index (χ1n) is 9.55. The molecule has 2 unspecified atom stereocenters. The van der Waals surface area contributed by atoms with Crippen LogP contribution in [0.1, 0.15) is 0 Å². The minimum Gasteiger partial charge on any atom is -0.320 e. The van der Waals surface area contributed by atoms with Crippen molar-refractivity contribution in [1.29, 1.82) is 0 Å². The van der Waals surface area contributed by atoms with Gasteiger partial charge in [-0.2, -0.15) is 74.6 Å². The van der Waals surface area contributed by atoms with E-state index in [1.807, 2.05) is 0 Å². The highest BCUT2D eigenvalue weighted by molar-refractivity contribution is 6.04. The van der Waals surface area contributed by atoms with Crippen molar-refractivity contribution < 1.29 is 88.9 Å². The van der Waals surface area contributed by atoms with E-state index in [4.69, 9.17) is 0 Å². The van der Waals surface area contributed by atoms with Gasteiger partial charge in [-0.05, 0) is 11.5 Å². The third-order valence-corrected chi connectivity index (χ3v) is 4.69. The maximum absolute atomic E-state index is 14.7. The van der Waals surface area contributed by atoms with Crippen LogP contribution < -0.4 is 5.32 Å². The summed E-state index contributed by atoms with van der Waals surface area (Å²) in [6.07, 6.45) is -38.6. The predicted octanol–water partition coefficient (Wildman–Crippen LogP) is 7.65. The van der Waals surface area contributed by atoms with Gasteiger partial charge in [-0.1, -0.05) is 36.4 Å². The quantitative estimate of drug-likeness (QED) is 0.308. The van der Waals surface area contributed by atoms with Crippen LogP contribution in [0.25, 0.3) is 10.8 Å². The Morgan fingerprint density at radius 2 is 1.07 bits per heavy atom. The van der Waals surface area contributed by atoms with Gasteiger partial charge in [-0.15, -0.1) is 0 Å². The lowest BCUT2D eigenvalue weighted by atomic mass is 10.1. The normalized spacial score (nSPS) is 17.3. The molecule has 0 heterocycles. The zero-order valence-electron chi connectivity index (χ0n) is 18.2. The van der Waals surface area contributed by atoms with E-state index < -0.39 is 60.0 Å². The van der Waals surface area contributed by atoms with E-state index in [1.165, 1.54) is 29.0 Å². The maximum Gasteiger partial charge on any atom is 0.462 e. The molecule has 0 radical (unpaired) electrons. The first kappa shape index (κ1) is 33.1. The van der Waals surface area contributed by atoms with Gasteiger partial charge in [0.1, 0.15) is 0 Å². The van der Waals surface area contributed by atoms with E-state index in [0.29, 0.717) is 6.07 Å². The van der Waals surface area contributed by atoms with Crippen LogP contribution in [0.4, 0.5) is 80.3 Å². The molecular weight excluding hydrogens is 613 g/mol. The molecule has 4 nitrogen and oxygen atoms in total. The minimum atomic E-state index is -8.07. The number of rotatable bonds is 8. The summed E-state index contributed by atoms with van der Waals surface area (Å²) in [6.45, 7) is 0. The predicted molar refractivity (Wildman–Crippen MR) is 95.4 cm³/mol. The number of nitrogens with one attached hydrogen (secondary N) is 1. The zero-order chi connectivity index (χ0) is 31.4. The second-order valence-corrected chi connectivity index (χ2v) is 7.48. The molecular formula is C19H8F17NO3. The Kier molecular flexibility index (Phi) is 8.09. The lowest BCUT2D eigenvalue weighted by Gasteiger charge is -2.40. The van der Waals surface area contributed by atoms with Crippen molar-refractivity contribution in [3.8, 4) is 0 Å². The monoisotopic (exact) mass is 621 g/mol. The lowest BCUT2D eigenvalue weighted by Crippen LogP contribution is -2.68. The third-order valence-electron chi connectivity index (χ3n) is 4.69. The van der Waals surface area contributed by atoms with Crippen LogP contribution in [-0.4, -0.2) is 54.3 Å². The van der Waals surface area contributed by atoms with Crippen molar-refractivity contribution in [2.75, 3.05) is 5.32 Å². The van der Waals surface area contributed by atoms with E-state index in [9.17, 15) is 79.4 Å². The fraction of sp³-hybridized carbons (Fsp3) is 0.421. The van der Waals surface area contributed by atoms with Crippen molar-refractivity contribution >= 4 is 22.4 Å². The van der Waals surface area contributed by atoms with Crippen molar-refractivity contribution in [3.63, 3.8) is 0 Å². The molecule has 21 heteroatoms. The van der Waals surface area contributed by atoms with Crippen LogP contribution in [0.15, 0.2) is 42.5 Å². The Labute approximate surface area is 208 Å². The van der Waals surface area contributed by atoms with Gasteiger partial charge in [0.05, 0.1) is 0 Å². The number of alkyl halides is 17. The van der Waals surface area contributed by atoms with Crippen LogP contribution in [0.3, 0.4) is 0 Å². The van der Waals surface area contributed by atoms with Gasteiger partial charge in [-0.25, -0.2) is 0 Å². The average molecular weight is 621 g/mol. The van der Waals surface area contributed by atoms with Crippen LogP contribution in [0.2, 0.25) is 0 Å². The minimum absolute atomic E-state index is 0.0732. The molecule has 0 aliphatic rings. The Bertz CT molecular complexity index is 1230. The smallest absolute Gasteiger partial charge is 0.320 e. The summed E-state index contributed by atoms with van der Waals surface area (Å²) < 4.78 is 228. The van der Waals surface area contributed by atoms with Gasteiger partial charge in [0.15, 0.2) is 0 Å². The Morgan fingerprint density at radius 3 is 1.55 bits per heavy atom. The highest BCUT2D eigenvalue weighted by Crippen LogP contribution is 2.56. The second kappa shape index (κ2) is 9.77. The molecule has 0 saturated carbocycles. The zero-order valence-corrected chi connectivity index (χ0v) is 18.2. The molecule has 226 valence electrons. The summed E-state index contributed by atoms with van der Waals surface area (Å²) in [5, 5.41) is 0.795. The molecule has 2 atom stereocenters. The second-order valence-electron chi connectivity index (χ2n) is 7.48. The molecule has 0 aliphatic carbocycles. The van der Waals surface area contributed by atoms with Crippen LogP contribution in [0, 0.1) is 0 Å². The summed E-state index contributed by atoms with van der Waals surface area (Å²) >= 11 is 0. The first-order chi connectivity index (χ1) is 17.6. The standard InChI is InChI=1S/C19H8F17NO3/c20-12(15(24,25)26,11(38)37-10-7-3-5-8-4-1-2-6-9(8)10)39-19(35,36)14(23,17(30,31)32)40-18(33,34)13(21,22)16(27,28)29/h1-7H,(H,37,38). The summed E-state index contributed by atoms with van der Waals surface area (Å²) in [5.41, 5.74) is -0.865. The van der Waals surface area contributed by atoms with Gasteiger partial charge in [0, 0.05) is 11.1 Å². The summed E-state index contributed by atoms with van der Waals surface area (Å²) in [5.74, 6) is -26.3. The molecule has 1 N–H and O–H groups in total. The fourth-order valence-electron chi connectivity index (χ4n) is 2.70. The van der Waals surface area contributed by atoms with E-state index in [2.05, 4.69) is 4.74 Å². The number of anilines is 1. The van der Waals surface area contributed by atoms with Gasteiger partial charge < -0.3 is 5.32 Å². The lowest BCUT2D eigenvalue weighted by molar-refractivity contribution is -0.548. The van der Waals surface area contributed by atoms with Crippen molar-refractivity contribution in [1.82, 2.24) is 0 Å². The molecule has 0 fully saturated rings. The van der Waals surface area contributed by atoms with E-state index >= 15 is 0 Å². The highest BCUT2D eigenvalue weighted by Gasteiger charge is 2.85. The molecule has 0 aromatic heterocycles. The third kappa shape index (κ3) is 5.56. The molecule has 0 aliphatic heterocycles. The van der Waals surface area contributed by atoms with Crippen LogP contribution in [-0.2, 0) is 14.3 Å². The number of carbonyl (C=O) groups excluding carboxylic acids is 1. The number of hydrogen-bond acceptors (Lipinski definition) is 3. The number of benzene rings is 2. The molecule has 0 bridgehead atoms. The largest absolute Gasteiger partial charge is 0.462 e. The van der Waals surface area contributed by atoms with Gasteiger partial charge in [0.25, 0.3) is 5.91 Å². The molecule has 0 spiro atoms. The Balaban J connectivity index is 2.61. The molecule has 2 aromatic carbocycles. The van der Waals surface area contributed by atoms with E-state index in [-0.39, 0.29) is 10.8 Å². The summed E-state index contributed by atoms with van der Waals surface area (Å²) in [4.78, 5) is 12.0. The number of amides is 1. The van der Waals surface area contributed by atoms with Crippen molar-refractivity contribution in [2.24, 2.45) is 0 Å². The summed E-state index contributed by atoms with van der Waals surface area (Å²) in [7, 11) is 0. The first-order valence-corrected chi connectivity index (χ1v) is 9.55. The van der Waals surface area contributed by atoms with Gasteiger partial charge >= 0.3 is 48.4 Å². The number of halogens is 17. The fourth-order valence-corrected chi connectivity index (χ4v) is 2.70. The van der Waals surface area contributed by atoms with Crippen LogP contribution >= 0.6 is 0 Å². The summed E-state index contributed by atoms with van der Waals surface area (Å²) in [6, 6.07) is 7.64. The molecule has 40 heavy (non-hydrogen) atoms. The number of carbonyl (C=O) groups is 1. The molecule has 2 rings (SSSR count). The van der Waals surface area contributed by atoms with Crippen molar-refractivity contribution in [3.05, 3.63) is 42.5 Å². The van der Waals surface area contributed by atoms with Gasteiger partial charge in [0.2, 0.25) is 0 Å². The Morgan fingerprint density at radius 1 is 0.575 bits per heavy atom. The molecule has 1 amide bonds. The number of ether oxygens (including phenoxy) is 2. The van der Waals surface area contributed by atoms with E-state index in [1.54, 1.807) is 0 Å². The number of fused-ring (bicyclic) bond motifs is 1. The SMILES string of the molecule is O=C(Nc1cccc2ccccc12)C(F)(OC(F)(F)C(F)(OC(F)(F)C(F)(F)C(F)(F)F)C(F)(F)F)C(F)(F)F.